The van der Waals surface area contributed by atoms with Crippen molar-refractivity contribution in [1.82, 2.24) is 11.1 Å². The SMILES string of the molecule is CCCC[N]CC[NH]. The Morgan fingerprint density at radius 3 is 2.62 bits per heavy atom. The first-order valence-electron chi connectivity index (χ1n) is 3.19. The van der Waals surface area contributed by atoms with Crippen LogP contribution in [0.5, 0.6) is 0 Å². The maximum absolute atomic E-state index is 6.74. The van der Waals surface area contributed by atoms with E-state index in [0.29, 0.717) is 6.54 Å². The summed E-state index contributed by atoms with van der Waals surface area (Å²) in [6.07, 6.45) is 2.39. The predicted molar refractivity (Wildman–Crippen MR) is 34.7 cm³/mol. The van der Waals surface area contributed by atoms with E-state index in [4.69, 9.17) is 5.73 Å². The highest BCUT2D eigenvalue weighted by Gasteiger charge is 1.83. The fraction of sp³-hybridized carbons (Fsp3) is 1.00. The zero-order valence-electron chi connectivity index (χ0n) is 5.48. The monoisotopic (exact) mass is 114 g/mol. The van der Waals surface area contributed by atoms with Crippen LogP contribution >= 0.6 is 0 Å². The molecule has 0 rings (SSSR count). The van der Waals surface area contributed by atoms with Crippen molar-refractivity contribution in [2.45, 2.75) is 19.8 Å². The van der Waals surface area contributed by atoms with Crippen LogP contribution in [0.3, 0.4) is 0 Å². The number of hydrogen-bond acceptors (Lipinski definition) is 0. The highest BCUT2D eigenvalue weighted by molar-refractivity contribution is 4.44. The van der Waals surface area contributed by atoms with Gasteiger partial charge in [0.2, 0.25) is 0 Å². The van der Waals surface area contributed by atoms with Crippen LogP contribution < -0.4 is 11.1 Å². The van der Waals surface area contributed by atoms with Crippen LogP contribution in [-0.2, 0) is 0 Å². The van der Waals surface area contributed by atoms with Crippen LogP contribution in [0.15, 0.2) is 0 Å². The van der Waals surface area contributed by atoms with Gasteiger partial charge < -0.3 is 0 Å². The summed E-state index contributed by atoms with van der Waals surface area (Å²) in [5, 5.41) is 4.09. The lowest BCUT2D eigenvalue weighted by atomic mass is 10.3. The molecule has 2 radical (unpaired) electrons. The second-order valence-electron chi connectivity index (χ2n) is 1.77. The molecule has 8 heavy (non-hydrogen) atoms. The largest absolute Gasteiger partial charge is 0.256 e. The molecule has 0 unspecified atom stereocenters. The lowest BCUT2D eigenvalue weighted by Gasteiger charge is -1.95. The van der Waals surface area contributed by atoms with Gasteiger partial charge in [-0.1, -0.05) is 13.3 Å². The molecule has 0 spiro atoms. The molecule has 0 aliphatic heterocycles. The second kappa shape index (κ2) is 6.92. The molecule has 1 N–H and O–H groups in total. The van der Waals surface area contributed by atoms with E-state index in [1.807, 2.05) is 0 Å². The Bertz CT molecular complexity index is 31.5. The molecule has 0 heterocycles. The van der Waals surface area contributed by atoms with Gasteiger partial charge in [-0.15, -0.1) is 0 Å². The number of unbranched alkanes of at least 4 members (excludes halogenated alkanes) is 1. The number of hydrogen-bond donors (Lipinski definition) is 0. The van der Waals surface area contributed by atoms with Crippen LogP contribution in [0.1, 0.15) is 19.8 Å². The minimum atomic E-state index is 0.448. The molecule has 0 aromatic heterocycles. The summed E-state index contributed by atoms with van der Waals surface area (Å²) in [6, 6.07) is 0. The van der Waals surface area contributed by atoms with Gasteiger partial charge in [0.05, 0.1) is 0 Å². The first-order chi connectivity index (χ1) is 3.91. The number of rotatable bonds is 5. The Labute approximate surface area is 51.5 Å². The van der Waals surface area contributed by atoms with Crippen molar-refractivity contribution in [2.75, 3.05) is 19.6 Å². The van der Waals surface area contributed by atoms with E-state index in [1.165, 1.54) is 12.8 Å². The van der Waals surface area contributed by atoms with Gasteiger partial charge in [0, 0.05) is 19.6 Å². The summed E-state index contributed by atoms with van der Waals surface area (Å²) in [7, 11) is 0. The van der Waals surface area contributed by atoms with E-state index in [-0.39, 0.29) is 0 Å². The van der Waals surface area contributed by atoms with Crippen molar-refractivity contribution < 1.29 is 0 Å². The van der Waals surface area contributed by atoms with Gasteiger partial charge in [0.1, 0.15) is 0 Å². The fourth-order valence-electron chi connectivity index (χ4n) is 0.461. The molecular weight excluding hydrogens is 100 g/mol. The van der Waals surface area contributed by atoms with E-state index in [1.54, 1.807) is 0 Å². The zero-order chi connectivity index (χ0) is 6.24. The summed E-state index contributed by atoms with van der Waals surface area (Å²) >= 11 is 0. The van der Waals surface area contributed by atoms with Gasteiger partial charge >= 0.3 is 0 Å². The van der Waals surface area contributed by atoms with Crippen molar-refractivity contribution in [3.8, 4) is 0 Å². The maximum Gasteiger partial charge on any atom is 0.0272 e. The van der Waals surface area contributed by atoms with Gasteiger partial charge in [-0.3, -0.25) is 5.73 Å². The van der Waals surface area contributed by atoms with Crippen molar-refractivity contribution in [2.24, 2.45) is 0 Å². The molecule has 0 amide bonds. The lowest BCUT2D eigenvalue weighted by Crippen LogP contribution is -2.11. The Morgan fingerprint density at radius 1 is 1.38 bits per heavy atom. The Balaban J connectivity index is 2.53. The molecule has 0 aliphatic carbocycles. The lowest BCUT2D eigenvalue weighted by molar-refractivity contribution is 0.630. The molecule has 0 atom stereocenters. The van der Waals surface area contributed by atoms with Crippen LogP contribution in [-0.4, -0.2) is 19.6 Å². The van der Waals surface area contributed by atoms with Gasteiger partial charge in [0.25, 0.3) is 0 Å². The predicted octanol–water partition coefficient (Wildman–Crippen LogP) is 0.674. The van der Waals surface area contributed by atoms with Crippen LogP contribution in [0.4, 0.5) is 0 Å². The van der Waals surface area contributed by atoms with E-state index >= 15 is 0 Å². The second-order valence-corrected chi connectivity index (χ2v) is 1.77. The number of nitrogens with one attached hydrogen (secondary N) is 1. The molecule has 2 nitrogen and oxygen atoms in total. The average molecular weight is 114 g/mol. The first kappa shape index (κ1) is 7.92. The fourth-order valence-corrected chi connectivity index (χ4v) is 0.461. The Morgan fingerprint density at radius 2 is 2.12 bits per heavy atom. The van der Waals surface area contributed by atoms with Gasteiger partial charge in [-0.25, -0.2) is 5.32 Å². The Kier molecular flexibility index (Phi) is 6.85. The first-order valence-corrected chi connectivity index (χ1v) is 3.19. The minimum absolute atomic E-state index is 0.448. The highest BCUT2D eigenvalue weighted by Crippen LogP contribution is 1.81. The summed E-state index contributed by atoms with van der Waals surface area (Å²) in [4.78, 5) is 0. The molecule has 0 aromatic rings. The molecule has 0 aromatic carbocycles. The molecule has 2 heteroatoms. The highest BCUT2D eigenvalue weighted by atomic mass is 14.9. The zero-order valence-corrected chi connectivity index (χ0v) is 5.48. The summed E-state index contributed by atoms with van der Waals surface area (Å²) in [5.74, 6) is 0. The van der Waals surface area contributed by atoms with Crippen molar-refractivity contribution in [3.05, 3.63) is 0 Å². The van der Waals surface area contributed by atoms with Gasteiger partial charge in [-0.2, -0.15) is 0 Å². The van der Waals surface area contributed by atoms with Crippen LogP contribution in [0.2, 0.25) is 0 Å². The summed E-state index contributed by atoms with van der Waals surface area (Å²) < 4.78 is 0. The third kappa shape index (κ3) is 5.92. The topological polar surface area (TPSA) is 37.9 Å². The van der Waals surface area contributed by atoms with Crippen LogP contribution in [0, 0.1) is 0 Å². The molecule has 0 saturated carbocycles. The maximum atomic E-state index is 6.74. The normalized spacial score (nSPS) is 9.75. The molecule has 48 valence electrons. The van der Waals surface area contributed by atoms with E-state index in [9.17, 15) is 0 Å². The third-order valence-corrected chi connectivity index (χ3v) is 0.940. The van der Waals surface area contributed by atoms with E-state index < -0.39 is 0 Å². The molecule has 0 bridgehead atoms. The molecule has 0 fully saturated rings. The van der Waals surface area contributed by atoms with Crippen molar-refractivity contribution >= 4 is 0 Å². The van der Waals surface area contributed by atoms with Crippen LogP contribution in [0.25, 0.3) is 0 Å². The van der Waals surface area contributed by atoms with Crippen molar-refractivity contribution in [1.29, 1.82) is 0 Å². The average Bonchev–Trinajstić information content (AvgIpc) is 1.81. The Hall–Kier alpha value is -0.0800. The van der Waals surface area contributed by atoms with Crippen molar-refractivity contribution in [3.63, 3.8) is 0 Å². The molecular formula is C6H14N2. The minimum Gasteiger partial charge on any atom is -0.256 e. The molecule has 0 aliphatic rings. The van der Waals surface area contributed by atoms with E-state index in [2.05, 4.69) is 12.2 Å². The van der Waals surface area contributed by atoms with E-state index in [0.717, 1.165) is 13.1 Å². The van der Waals surface area contributed by atoms with Gasteiger partial charge in [-0.05, 0) is 6.42 Å². The quantitative estimate of drug-likeness (QED) is 0.471. The number of nitrogens with zero attached hydrogens (tertiary/aromatic N) is 1. The van der Waals surface area contributed by atoms with Gasteiger partial charge in [0.15, 0.2) is 0 Å². The third-order valence-electron chi connectivity index (χ3n) is 0.940. The standard InChI is InChI=1S/C6H14N2/c1-2-3-5-8-6-4-7/h7H,2-6H2,1H3. The molecule has 0 saturated heterocycles. The summed E-state index contributed by atoms with van der Waals surface area (Å²) in [6.45, 7) is 4.27. The smallest absolute Gasteiger partial charge is 0.0272 e. The summed E-state index contributed by atoms with van der Waals surface area (Å²) in [5.41, 5.74) is 6.74.